The average Bonchev–Trinajstić information content (AvgIpc) is 2.76. The number of aromatic nitrogens is 1. The number of H-pyrrole nitrogens is 1. The van der Waals surface area contributed by atoms with Gasteiger partial charge in [0.2, 0.25) is 0 Å². The molecule has 1 heterocycles. The van der Waals surface area contributed by atoms with Crippen molar-refractivity contribution in [2.24, 2.45) is 0 Å². The molecular formula is C13H16N2. The Morgan fingerprint density at radius 3 is 2.20 bits per heavy atom. The van der Waals surface area contributed by atoms with Gasteiger partial charge in [0.1, 0.15) is 0 Å². The lowest BCUT2D eigenvalue weighted by Gasteiger charge is -1.90. The fourth-order valence-electron chi connectivity index (χ4n) is 1.04. The van der Waals surface area contributed by atoms with Crippen LogP contribution in [-0.4, -0.2) is 4.98 Å². The van der Waals surface area contributed by atoms with Crippen molar-refractivity contribution in [3.63, 3.8) is 0 Å². The van der Waals surface area contributed by atoms with E-state index in [1.54, 1.807) is 6.08 Å². The first-order valence-corrected chi connectivity index (χ1v) is 4.80. The molecule has 0 saturated carbocycles. The number of hydrogen-bond acceptors (Lipinski definition) is 1. The van der Waals surface area contributed by atoms with Crippen LogP contribution in [0.4, 0.5) is 5.69 Å². The van der Waals surface area contributed by atoms with E-state index in [2.05, 4.69) is 11.6 Å². The summed E-state index contributed by atoms with van der Waals surface area (Å²) in [5, 5.41) is 0. The van der Waals surface area contributed by atoms with Crippen molar-refractivity contribution in [2.75, 3.05) is 5.73 Å². The van der Waals surface area contributed by atoms with E-state index in [1.807, 2.05) is 49.5 Å². The fraction of sp³-hybridized carbons (Fsp3) is 0.0769. The molecule has 0 aliphatic rings. The Labute approximate surface area is 90.4 Å². The highest BCUT2D eigenvalue weighted by molar-refractivity contribution is 5.40. The molecule has 0 aliphatic carbocycles. The van der Waals surface area contributed by atoms with Crippen LogP contribution in [0.1, 0.15) is 11.3 Å². The van der Waals surface area contributed by atoms with Gasteiger partial charge in [0.05, 0.1) is 0 Å². The van der Waals surface area contributed by atoms with Gasteiger partial charge in [-0.15, -0.1) is 0 Å². The van der Waals surface area contributed by atoms with Crippen molar-refractivity contribution in [2.45, 2.75) is 6.92 Å². The Kier molecular flexibility index (Phi) is 4.23. The summed E-state index contributed by atoms with van der Waals surface area (Å²) in [5.74, 6) is 0. The van der Waals surface area contributed by atoms with Crippen molar-refractivity contribution in [3.05, 3.63) is 60.4 Å². The zero-order valence-corrected chi connectivity index (χ0v) is 8.90. The molecule has 2 heteroatoms. The summed E-state index contributed by atoms with van der Waals surface area (Å²) in [6.45, 7) is 5.61. The zero-order chi connectivity index (χ0) is 11.1. The highest BCUT2D eigenvalue weighted by Gasteiger charge is 1.80. The molecule has 2 rings (SSSR count). The number of aromatic amines is 1. The van der Waals surface area contributed by atoms with E-state index in [0.29, 0.717) is 0 Å². The smallest absolute Gasteiger partial charge is 0.0374 e. The summed E-state index contributed by atoms with van der Waals surface area (Å²) in [4.78, 5) is 2.97. The van der Waals surface area contributed by atoms with E-state index in [4.69, 9.17) is 5.73 Å². The van der Waals surface area contributed by atoms with Crippen LogP contribution < -0.4 is 5.73 Å². The quantitative estimate of drug-likeness (QED) is 0.682. The third-order valence-electron chi connectivity index (χ3n) is 1.92. The normalized spacial score (nSPS) is 8.87. The minimum Gasteiger partial charge on any atom is -0.399 e. The van der Waals surface area contributed by atoms with Gasteiger partial charge < -0.3 is 10.7 Å². The Morgan fingerprint density at radius 2 is 1.87 bits per heavy atom. The number of rotatable bonds is 1. The van der Waals surface area contributed by atoms with Gasteiger partial charge in [0, 0.05) is 17.6 Å². The van der Waals surface area contributed by atoms with Crippen LogP contribution in [0.25, 0.3) is 6.08 Å². The van der Waals surface area contributed by atoms with Gasteiger partial charge in [0.15, 0.2) is 0 Å². The van der Waals surface area contributed by atoms with E-state index in [-0.39, 0.29) is 0 Å². The Hall–Kier alpha value is -1.96. The van der Waals surface area contributed by atoms with Crippen LogP contribution in [0.3, 0.4) is 0 Å². The summed E-state index contributed by atoms with van der Waals surface area (Å²) < 4.78 is 0. The summed E-state index contributed by atoms with van der Waals surface area (Å²) >= 11 is 0. The molecule has 78 valence electrons. The predicted molar refractivity (Wildman–Crippen MR) is 66.5 cm³/mol. The largest absolute Gasteiger partial charge is 0.399 e. The van der Waals surface area contributed by atoms with E-state index in [1.165, 1.54) is 5.56 Å². The average molecular weight is 200 g/mol. The predicted octanol–water partition coefficient (Wildman–Crippen LogP) is 3.23. The lowest BCUT2D eigenvalue weighted by molar-refractivity contribution is 1.38. The molecule has 1 aromatic heterocycles. The molecule has 15 heavy (non-hydrogen) atoms. The lowest BCUT2D eigenvalue weighted by atomic mass is 10.2. The molecule has 0 saturated heterocycles. The Balaban J connectivity index is 0.000000151. The Bertz CT molecular complexity index is 364. The number of benzene rings is 1. The van der Waals surface area contributed by atoms with Crippen LogP contribution in [0.15, 0.2) is 49.2 Å². The molecule has 0 atom stereocenters. The maximum Gasteiger partial charge on any atom is 0.0374 e. The summed E-state index contributed by atoms with van der Waals surface area (Å²) in [7, 11) is 0. The van der Waals surface area contributed by atoms with Crippen molar-refractivity contribution in [1.82, 2.24) is 4.98 Å². The first kappa shape index (κ1) is 11.1. The minimum atomic E-state index is 0.829. The molecule has 0 amide bonds. The number of nitrogens with two attached hydrogens (primary N) is 1. The number of aryl methyl sites for hydroxylation is 1. The Morgan fingerprint density at radius 1 is 1.20 bits per heavy atom. The van der Waals surface area contributed by atoms with Crippen molar-refractivity contribution in [3.8, 4) is 0 Å². The molecule has 2 aromatic rings. The van der Waals surface area contributed by atoms with Gasteiger partial charge in [-0.2, -0.15) is 0 Å². The van der Waals surface area contributed by atoms with E-state index in [0.717, 1.165) is 11.4 Å². The van der Waals surface area contributed by atoms with Gasteiger partial charge in [0.25, 0.3) is 0 Å². The SMILES string of the molecule is C=Cc1ccc[nH]1.Cc1ccc(N)cc1. The maximum absolute atomic E-state index is 5.43. The lowest BCUT2D eigenvalue weighted by Crippen LogP contribution is -1.81. The molecule has 2 nitrogen and oxygen atoms in total. The molecule has 3 N–H and O–H groups in total. The third kappa shape index (κ3) is 4.18. The third-order valence-corrected chi connectivity index (χ3v) is 1.92. The second kappa shape index (κ2) is 5.70. The van der Waals surface area contributed by atoms with Crippen LogP contribution in [0.5, 0.6) is 0 Å². The number of anilines is 1. The summed E-state index contributed by atoms with van der Waals surface area (Å²) in [6, 6.07) is 11.7. The molecular weight excluding hydrogens is 184 g/mol. The standard InChI is InChI=1S/C7H9N.C6H7N/c1-6-2-4-7(8)5-3-6;1-2-6-4-3-5-7-6/h2-5H,8H2,1H3;2-5,7H,1H2. The van der Waals surface area contributed by atoms with Crippen LogP contribution >= 0.6 is 0 Å². The summed E-state index contributed by atoms with van der Waals surface area (Å²) in [6.07, 6.45) is 3.65. The number of nitrogens with one attached hydrogen (secondary N) is 1. The summed E-state index contributed by atoms with van der Waals surface area (Å²) in [5.41, 5.74) is 8.57. The fourth-order valence-corrected chi connectivity index (χ4v) is 1.04. The molecule has 0 radical (unpaired) electrons. The topological polar surface area (TPSA) is 41.8 Å². The van der Waals surface area contributed by atoms with Gasteiger partial charge in [-0.3, -0.25) is 0 Å². The molecule has 0 unspecified atom stereocenters. The van der Waals surface area contributed by atoms with E-state index >= 15 is 0 Å². The molecule has 0 spiro atoms. The van der Waals surface area contributed by atoms with Crippen LogP contribution in [0.2, 0.25) is 0 Å². The molecule has 0 bridgehead atoms. The van der Waals surface area contributed by atoms with Gasteiger partial charge >= 0.3 is 0 Å². The van der Waals surface area contributed by atoms with Crippen LogP contribution in [-0.2, 0) is 0 Å². The van der Waals surface area contributed by atoms with E-state index < -0.39 is 0 Å². The molecule has 1 aromatic carbocycles. The number of nitrogen functional groups attached to an aromatic ring is 1. The second-order valence-electron chi connectivity index (χ2n) is 3.24. The highest BCUT2D eigenvalue weighted by atomic mass is 14.7. The molecule has 0 aliphatic heterocycles. The van der Waals surface area contributed by atoms with Crippen LogP contribution in [0, 0.1) is 6.92 Å². The van der Waals surface area contributed by atoms with Gasteiger partial charge in [-0.1, -0.05) is 24.3 Å². The first-order valence-electron chi connectivity index (χ1n) is 4.80. The second-order valence-corrected chi connectivity index (χ2v) is 3.24. The van der Waals surface area contributed by atoms with Gasteiger partial charge in [-0.25, -0.2) is 0 Å². The number of hydrogen-bond donors (Lipinski definition) is 2. The molecule has 0 fully saturated rings. The monoisotopic (exact) mass is 200 g/mol. The van der Waals surface area contributed by atoms with Crippen molar-refractivity contribution < 1.29 is 0 Å². The minimum absolute atomic E-state index is 0.829. The van der Waals surface area contributed by atoms with Crippen molar-refractivity contribution >= 4 is 11.8 Å². The maximum atomic E-state index is 5.43. The van der Waals surface area contributed by atoms with Gasteiger partial charge in [-0.05, 0) is 37.3 Å². The van der Waals surface area contributed by atoms with E-state index in [9.17, 15) is 0 Å². The highest BCUT2D eigenvalue weighted by Crippen LogP contribution is 2.02. The first-order chi connectivity index (χ1) is 7.22. The van der Waals surface area contributed by atoms with Crippen molar-refractivity contribution in [1.29, 1.82) is 0 Å². The zero-order valence-electron chi connectivity index (χ0n) is 8.90.